The van der Waals surface area contributed by atoms with Crippen molar-refractivity contribution in [1.29, 1.82) is 0 Å². The second kappa shape index (κ2) is 7.52. The van der Waals surface area contributed by atoms with Crippen LogP contribution in [0.15, 0.2) is 30.3 Å². The number of nitrogens with zero attached hydrogens (tertiary/aromatic N) is 2. The first-order valence-electron chi connectivity index (χ1n) is 7.70. The Hall–Kier alpha value is -2.06. The fraction of sp³-hybridized carbons (Fsp3) is 0.294. The van der Waals surface area contributed by atoms with Crippen molar-refractivity contribution in [1.82, 2.24) is 9.88 Å². The van der Waals surface area contributed by atoms with Gasteiger partial charge in [0.15, 0.2) is 6.61 Å². The van der Waals surface area contributed by atoms with Gasteiger partial charge in [-0.1, -0.05) is 29.3 Å². The van der Waals surface area contributed by atoms with E-state index < -0.39 is 38.0 Å². The zero-order chi connectivity index (χ0) is 19.8. The second-order valence-electron chi connectivity index (χ2n) is 5.93. The van der Waals surface area contributed by atoms with E-state index in [-0.39, 0.29) is 21.6 Å². The predicted octanol–water partition coefficient (Wildman–Crippen LogP) is 4.79. The summed E-state index contributed by atoms with van der Waals surface area (Å²) in [5.41, 5.74) is 0.775. The molecule has 2 aromatic rings. The lowest BCUT2D eigenvalue weighted by Crippen LogP contribution is -2.58. The quantitative estimate of drug-likeness (QED) is 0.513. The average Bonchev–Trinajstić information content (AvgIpc) is 2.56. The molecule has 1 aliphatic heterocycles. The molecule has 0 atom stereocenters. The molecule has 1 amide bonds. The third kappa shape index (κ3) is 4.62. The van der Waals surface area contributed by atoms with Gasteiger partial charge in [-0.05, 0) is 29.3 Å². The smallest absolute Gasteiger partial charge is 0.282 e. The molecule has 1 aliphatic rings. The summed E-state index contributed by atoms with van der Waals surface area (Å²) in [4.78, 5) is 17.4. The normalized spacial score (nSPS) is 15.6. The molecule has 2 heterocycles. The van der Waals surface area contributed by atoms with Crippen LogP contribution in [0.3, 0.4) is 0 Å². The maximum atomic E-state index is 13.1. The highest BCUT2D eigenvalue weighted by atomic mass is 35.5. The van der Waals surface area contributed by atoms with Gasteiger partial charge in [-0.2, -0.15) is 0 Å². The monoisotopic (exact) mass is 422 g/mol. The number of hydrogen-bond donors (Lipinski definition) is 0. The Labute approximate surface area is 161 Å². The Bertz CT molecular complexity index is 872. The van der Waals surface area contributed by atoms with Gasteiger partial charge in [0.1, 0.15) is 5.15 Å². The molecular weight excluding hydrogens is 411 g/mol. The van der Waals surface area contributed by atoms with Crippen LogP contribution in [-0.2, 0) is 0 Å². The number of carbonyl (C=O) groups excluding carboxylic acids is 1. The van der Waals surface area contributed by atoms with Gasteiger partial charge in [0.2, 0.25) is 5.88 Å². The van der Waals surface area contributed by atoms with Crippen molar-refractivity contribution < 1.29 is 27.1 Å². The average molecular weight is 423 g/mol. The highest BCUT2D eigenvalue weighted by Gasteiger charge is 2.46. The summed E-state index contributed by atoms with van der Waals surface area (Å²) in [6.45, 7) is -2.24. The minimum Gasteiger partial charge on any atom is -0.472 e. The zero-order valence-electron chi connectivity index (χ0n) is 13.6. The lowest BCUT2D eigenvalue weighted by Gasteiger charge is -2.39. The minimum atomic E-state index is -2.91. The minimum absolute atomic E-state index is 0.0411. The third-order valence-electron chi connectivity index (χ3n) is 3.78. The summed E-state index contributed by atoms with van der Waals surface area (Å²) >= 11 is 11.9. The van der Waals surface area contributed by atoms with Crippen LogP contribution in [0.2, 0.25) is 10.2 Å². The number of pyridine rings is 1. The van der Waals surface area contributed by atoms with Gasteiger partial charge in [-0.3, -0.25) is 4.79 Å². The SMILES string of the molecule is O=C(c1cc(Cl)ccc1-c1cc(Cl)nc(OCC(F)F)c1)N1CC(F)(F)C1. The van der Waals surface area contributed by atoms with Crippen molar-refractivity contribution >= 4 is 29.1 Å². The molecule has 144 valence electrons. The Balaban J connectivity index is 1.96. The maximum Gasteiger partial charge on any atom is 0.282 e. The molecule has 1 aromatic heterocycles. The van der Waals surface area contributed by atoms with Gasteiger partial charge >= 0.3 is 0 Å². The van der Waals surface area contributed by atoms with E-state index in [0.29, 0.717) is 11.1 Å². The number of hydrogen-bond acceptors (Lipinski definition) is 3. The summed E-state index contributed by atoms with van der Waals surface area (Å²) < 4.78 is 55.8. The van der Waals surface area contributed by atoms with E-state index in [1.807, 2.05) is 0 Å². The van der Waals surface area contributed by atoms with Crippen LogP contribution in [0.5, 0.6) is 5.88 Å². The molecule has 1 saturated heterocycles. The molecule has 0 unspecified atom stereocenters. The van der Waals surface area contributed by atoms with Crippen molar-refractivity contribution in [2.75, 3.05) is 19.7 Å². The molecule has 3 rings (SSSR count). The number of halogens is 6. The third-order valence-corrected chi connectivity index (χ3v) is 4.21. The molecule has 0 bridgehead atoms. The van der Waals surface area contributed by atoms with Crippen molar-refractivity contribution in [3.63, 3.8) is 0 Å². The molecule has 27 heavy (non-hydrogen) atoms. The number of carbonyl (C=O) groups is 1. The van der Waals surface area contributed by atoms with E-state index in [1.54, 1.807) is 0 Å². The number of rotatable bonds is 5. The number of aromatic nitrogens is 1. The number of alkyl halides is 4. The van der Waals surface area contributed by atoms with Crippen LogP contribution in [0.4, 0.5) is 17.6 Å². The first kappa shape index (κ1) is 19.7. The highest BCUT2D eigenvalue weighted by molar-refractivity contribution is 6.31. The van der Waals surface area contributed by atoms with Crippen molar-refractivity contribution in [2.45, 2.75) is 12.3 Å². The van der Waals surface area contributed by atoms with Crippen LogP contribution in [0, 0.1) is 0 Å². The number of likely N-dealkylation sites (tertiary alicyclic amines) is 1. The Morgan fingerprint density at radius 3 is 2.56 bits per heavy atom. The second-order valence-corrected chi connectivity index (χ2v) is 6.75. The van der Waals surface area contributed by atoms with Crippen LogP contribution in [0.25, 0.3) is 11.1 Å². The summed E-state index contributed by atoms with van der Waals surface area (Å²) in [7, 11) is 0. The van der Waals surface area contributed by atoms with E-state index in [2.05, 4.69) is 4.98 Å². The number of amides is 1. The molecule has 1 aromatic carbocycles. The van der Waals surface area contributed by atoms with E-state index in [4.69, 9.17) is 27.9 Å². The fourth-order valence-electron chi connectivity index (χ4n) is 2.62. The largest absolute Gasteiger partial charge is 0.472 e. The maximum absolute atomic E-state index is 13.1. The van der Waals surface area contributed by atoms with Crippen LogP contribution >= 0.6 is 23.2 Å². The van der Waals surface area contributed by atoms with Crippen LogP contribution < -0.4 is 4.74 Å². The first-order chi connectivity index (χ1) is 12.6. The molecule has 0 radical (unpaired) electrons. The topological polar surface area (TPSA) is 42.4 Å². The summed E-state index contributed by atoms with van der Waals surface area (Å²) in [5.74, 6) is -3.69. The molecular formula is C17H12Cl2F4N2O2. The van der Waals surface area contributed by atoms with Gasteiger partial charge < -0.3 is 9.64 Å². The number of ether oxygens (including phenoxy) is 1. The van der Waals surface area contributed by atoms with E-state index >= 15 is 0 Å². The van der Waals surface area contributed by atoms with Gasteiger partial charge in [0.25, 0.3) is 18.3 Å². The Morgan fingerprint density at radius 1 is 1.22 bits per heavy atom. The summed E-state index contributed by atoms with van der Waals surface area (Å²) in [6.07, 6.45) is -2.70. The standard InChI is InChI=1S/C17H12Cl2F4N2O2/c18-10-1-2-11(12(5-10)16(26)25-7-17(22,23)8-25)9-3-13(19)24-15(4-9)27-6-14(20)21/h1-5,14H,6-8H2. The zero-order valence-corrected chi connectivity index (χ0v) is 15.1. The molecule has 1 fully saturated rings. The molecule has 10 heteroatoms. The lowest BCUT2D eigenvalue weighted by molar-refractivity contribution is -0.113. The fourth-order valence-corrected chi connectivity index (χ4v) is 2.99. The highest BCUT2D eigenvalue weighted by Crippen LogP contribution is 2.34. The Morgan fingerprint density at radius 2 is 1.93 bits per heavy atom. The molecule has 0 saturated carbocycles. The van der Waals surface area contributed by atoms with Crippen LogP contribution in [-0.4, -0.2) is 47.8 Å². The van der Waals surface area contributed by atoms with E-state index in [1.165, 1.54) is 30.3 Å². The number of benzene rings is 1. The van der Waals surface area contributed by atoms with Gasteiger partial charge in [-0.25, -0.2) is 22.5 Å². The van der Waals surface area contributed by atoms with Crippen molar-refractivity contribution in [3.05, 3.63) is 46.1 Å². The van der Waals surface area contributed by atoms with Crippen LogP contribution in [0.1, 0.15) is 10.4 Å². The molecule has 0 spiro atoms. The summed E-state index contributed by atoms with van der Waals surface area (Å²) in [5, 5.41) is 0.198. The Kier molecular flexibility index (Phi) is 5.48. The van der Waals surface area contributed by atoms with E-state index in [0.717, 1.165) is 4.90 Å². The van der Waals surface area contributed by atoms with Crippen molar-refractivity contribution in [2.24, 2.45) is 0 Å². The first-order valence-corrected chi connectivity index (χ1v) is 8.46. The van der Waals surface area contributed by atoms with E-state index in [9.17, 15) is 22.4 Å². The molecule has 4 nitrogen and oxygen atoms in total. The van der Waals surface area contributed by atoms with Crippen molar-refractivity contribution in [3.8, 4) is 17.0 Å². The predicted molar refractivity (Wildman–Crippen MR) is 92.0 cm³/mol. The van der Waals surface area contributed by atoms with Gasteiger partial charge in [0.05, 0.1) is 13.1 Å². The molecule has 0 N–H and O–H groups in total. The van der Waals surface area contributed by atoms with Gasteiger partial charge in [0, 0.05) is 16.7 Å². The van der Waals surface area contributed by atoms with Gasteiger partial charge in [-0.15, -0.1) is 0 Å². The molecule has 0 aliphatic carbocycles. The lowest BCUT2D eigenvalue weighted by atomic mass is 9.98. The summed E-state index contributed by atoms with van der Waals surface area (Å²) in [6, 6.07) is 7.10.